The summed E-state index contributed by atoms with van der Waals surface area (Å²) in [5, 5.41) is 10.9. The minimum atomic E-state index is -1.29. The van der Waals surface area contributed by atoms with Gasteiger partial charge in [0.1, 0.15) is 5.56 Å². The van der Waals surface area contributed by atoms with Crippen LogP contribution >= 0.6 is 11.6 Å². The molecule has 0 fully saturated rings. The van der Waals surface area contributed by atoms with Gasteiger partial charge in [0.05, 0.1) is 21.6 Å². The molecule has 0 aliphatic heterocycles. The molecule has 2 aromatic heterocycles. The number of hydrogen-bond acceptors (Lipinski definition) is 5. The molecule has 7 heteroatoms. The van der Waals surface area contributed by atoms with Crippen LogP contribution in [0.1, 0.15) is 26.3 Å². The summed E-state index contributed by atoms with van der Waals surface area (Å²) in [7, 11) is 0. The summed E-state index contributed by atoms with van der Waals surface area (Å²) in [5.74, 6) is -1.55. The van der Waals surface area contributed by atoms with Crippen LogP contribution in [0.3, 0.4) is 0 Å². The smallest absolute Gasteiger partial charge is 0.342 e. The van der Waals surface area contributed by atoms with Gasteiger partial charge in [-0.15, -0.1) is 0 Å². The Labute approximate surface area is 164 Å². The van der Waals surface area contributed by atoms with Crippen LogP contribution < -0.4 is 4.74 Å². The Bertz CT molecular complexity index is 1270. The van der Waals surface area contributed by atoms with Gasteiger partial charge in [-0.2, -0.15) is 0 Å². The summed E-state index contributed by atoms with van der Waals surface area (Å²) >= 11 is 6.31. The average Bonchev–Trinajstić information content (AvgIpc) is 2.67. The Balaban J connectivity index is 1.93. The third-order valence-corrected chi connectivity index (χ3v) is 4.69. The second-order valence-electron chi connectivity index (χ2n) is 6.23. The van der Waals surface area contributed by atoms with Gasteiger partial charge in [0.15, 0.2) is 6.29 Å². The van der Waals surface area contributed by atoms with Gasteiger partial charge in [0, 0.05) is 10.8 Å². The summed E-state index contributed by atoms with van der Waals surface area (Å²) in [6, 6.07) is 14.1. The lowest BCUT2D eigenvalue weighted by atomic mass is 10.1. The molecule has 4 aromatic rings. The first kappa shape index (κ1) is 17.9. The van der Waals surface area contributed by atoms with Crippen molar-refractivity contribution in [3.8, 4) is 11.8 Å². The van der Waals surface area contributed by atoms with Crippen molar-refractivity contribution in [1.82, 2.24) is 9.97 Å². The molecule has 2 aromatic carbocycles. The minimum absolute atomic E-state index is 0.0115. The zero-order valence-electron chi connectivity index (χ0n) is 14.6. The van der Waals surface area contributed by atoms with Gasteiger partial charge in [-0.05, 0) is 30.7 Å². The summed E-state index contributed by atoms with van der Waals surface area (Å²) in [4.78, 5) is 32.0. The summed E-state index contributed by atoms with van der Waals surface area (Å²) in [6.45, 7) is 1.92. The number of aldehydes is 1. The fourth-order valence-electron chi connectivity index (χ4n) is 2.94. The number of carboxylic acid groups (broad SMARTS) is 1. The van der Waals surface area contributed by atoms with E-state index in [0.717, 1.165) is 10.9 Å². The SMILES string of the molecule is Cc1ccc2cc(C=O)c(Oc3nc4ccccc4c(Cl)c3C(=O)O)nc2c1. The van der Waals surface area contributed by atoms with Crippen molar-refractivity contribution < 1.29 is 19.4 Å². The lowest BCUT2D eigenvalue weighted by Crippen LogP contribution is -2.06. The first-order valence-electron chi connectivity index (χ1n) is 8.34. The van der Waals surface area contributed by atoms with E-state index >= 15 is 0 Å². The zero-order chi connectivity index (χ0) is 19.8. The molecule has 0 saturated heterocycles. The van der Waals surface area contributed by atoms with Gasteiger partial charge in [-0.25, -0.2) is 14.8 Å². The van der Waals surface area contributed by atoms with Crippen molar-refractivity contribution in [3.05, 3.63) is 70.2 Å². The topological polar surface area (TPSA) is 89.4 Å². The van der Waals surface area contributed by atoms with Crippen LogP contribution in [0.2, 0.25) is 5.02 Å². The van der Waals surface area contributed by atoms with Crippen molar-refractivity contribution >= 4 is 45.7 Å². The van der Waals surface area contributed by atoms with Crippen molar-refractivity contribution in [3.63, 3.8) is 0 Å². The fourth-order valence-corrected chi connectivity index (χ4v) is 3.26. The maximum atomic E-state index is 11.8. The Morgan fingerprint density at radius 2 is 1.82 bits per heavy atom. The molecule has 0 amide bonds. The van der Waals surface area contributed by atoms with E-state index in [9.17, 15) is 14.7 Å². The number of carboxylic acids is 1. The van der Waals surface area contributed by atoms with Gasteiger partial charge in [0.2, 0.25) is 11.8 Å². The van der Waals surface area contributed by atoms with Gasteiger partial charge < -0.3 is 9.84 Å². The quantitative estimate of drug-likeness (QED) is 0.489. The van der Waals surface area contributed by atoms with Crippen molar-refractivity contribution in [1.29, 1.82) is 0 Å². The van der Waals surface area contributed by atoms with Crippen LogP contribution in [0.15, 0.2) is 48.5 Å². The summed E-state index contributed by atoms with van der Waals surface area (Å²) in [6.07, 6.45) is 0.602. The maximum absolute atomic E-state index is 11.8. The molecule has 0 radical (unpaired) electrons. The van der Waals surface area contributed by atoms with Gasteiger partial charge in [-0.1, -0.05) is 41.9 Å². The monoisotopic (exact) mass is 392 g/mol. The van der Waals surface area contributed by atoms with E-state index in [1.807, 2.05) is 25.1 Å². The molecule has 0 atom stereocenters. The first-order valence-corrected chi connectivity index (χ1v) is 8.71. The number of carbonyl (C=O) groups excluding carboxylic acids is 1. The number of aromatic carboxylic acids is 1. The van der Waals surface area contributed by atoms with Crippen LogP contribution in [-0.2, 0) is 0 Å². The molecule has 0 bridgehead atoms. The number of carbonyl (C=O) groups is 2. The number of para-hydroxylation sites is 1. The number of nitrogens with zero attached hydrogens (tertiary/aromatic N) is 2. The van der Waals surface area contributed by atoms with E-state index < -0.39 is 5.97 Å². The Hall–Kier alpha value is -3.51. The molecular weight excluding hydrogens is 380 g/mol. The highest BCUT2D eigenvalue weighted by atomic mass is 35.5. The normalized spacial score (nSPS) is 10.9. The third kappa shape index (κ3) is 3.04. The second-order valence-corrected chi connectivity index (χ2v) is 6.61. The number of pyridine rings is 2. The van der Waals surface area contributed by atoms with Crippen LogP contribution in [0, 0.1) is 6.92 Å². The highest BCUT2D eigenvalue weighted by Gasteiger charge is 2.23. The Morgan fingerprint density at radius 3 is 2.57 bits per heavy atom. The van der Waals surface area contributed by atoms with Crippen molar-refractivity contribution in [2.24, 2.45) is 0 Å². The summed E-state index contributed by atoms with van der Waals surface area (Å²) in [5.41, 5.74) is 1.96. The molecule has 138 valence electrons. The lowest BCUT2D eigenvalue weighted by Gasteiger charge is -2.12. The number of aryl methyl sites for hydroxylation is 1. The molecule has 0 unspecified atom stereocenters. The molecule has 0 saturated carbocycles. The number of halogens is 1. The first-order chi connectivity index (χ1) is 13.5. The van der Waals surface area contributed by atoms with Crippen molar-refractivity contribution in [2.75, 3.05) is 0 Å². The van der Waals surface area contributed by atoms with Crippen LogP contribution in [0.4, 0.5) is 0 Å². The van der Waals surface area contributed by atoms with Gasteiger partial charge >= 0.3 is 5.97 Å². The average molecular weight is 393 g/mol. The molecule has 0 aliphatic carbocycles. The number of hydrogen-bond donors (Lipinski definition) is 1. The van der Waals surface area contributed by atoms with Crippen LogP contribution in [0.25, 0.3) is 21.8 Å². The van der Waals surface area contributed by atoms with E-state index in [2.05, 4.69) is 9.97 Å². The summed E-state index contributed by atoms with van der Waals surface area (Å²) < 4.78 is 5.71. The molecule has 1 N–H and O–H groups in total. The van der Waals surface area contributed by atoms with Gasteiger partial charge in [-0.3, -0.25) is 4.79 Å². The van der Waals surface area contributed by atoms with E-state index in [1.165, 1.54) is 0 Å². The van der Waals surface area contributed by atoms with E-state index in [-0.39, 0.29) is 27.9 Å². The van der Waals surface area contributed by atoms with E-state index in [1.54, 1.807) is 30.3 Å². The Kier molecular flexibility index (Phi) is 4.41. The minimum Gasteiger partial charge on any atom is -0.477 e. The van der Waals surface area contributed by atoms with Crippen LogP contribution in [0.5, 0.6) is 11.8 Å². The number of benzene rings is 2. The highest BCUT2D eigenvalue weighted by Crippen LogP contribution is 2.35. The number of ether oxygens (including phenoxy) is 1. The Morgan fingerprint density at radius 1 is 1.07 bits per heavy atom. The molecule has 0 aliphatic rings. The maximum Gasteiger partial charge on any atom is 0.342 e. The number of rotatable bonds is 4. The number of aromatic nitrogens is 2. The molecule has 6 nitrogen and oxygen atoms in total. The van der Waals surface area contributed by atoms with Gasteiger partial charge in [0.25, 0.3) is 0 Å². The highest BCUT2D eigenvalue weighted by molar-refractivity contribution is 6.38. The third-order valence-electron chi connectivity index (χ3n) is 4.30. The second kappa shape index (κ2) is 6.90. The molecular formula is C21H13ClN2O4. The van der Waals surface area contributed by atoms with E-state index in [4.69, 9.17) is 16.3 Å². The standard InChI is InChI=1S/C21H13ClN2O4/c1-11-6-7-12-9-13(10-25)19(24-16(12)8-11)28-20-17(21(26)27)18(22)14-4-2-3-5-15(14)23-20/h2-10H,1H3,(H,26,27). The molecule has 2 heterocycles. The molecule has 0 spiro atoms. The predicted molar refractivity (Wildman–Crippen MR) is 106 cm³/mol. The van der Waals surface area contributed by atoms with E-state index in [0.29, 0.717) is 22.7 Å². The van der Waals surface area contributed by atoms with Crippen LogP contribution in [-0.4, -0.2) is 27.3 Å². The largest absolute Gasteiger partial charge is 0.477 e. The lowest BCUT2D eigenvalue weighted by molar-refractivity contribution is 0.0693. The van der Waals surface area contributed by atoms with Crippen molar-refractivity contribution in [2.45, 2.75) is 6.92 Å². The molecule has 28 heavy (non-hydrogen) atoms. The number of fused-ring (bicyclic) bond motifs is 2. The molecule has 4 rings (SSSR count). The zero-order valence-corrected chi connectivity index (χ0v) is 15.4. The predicted octanol–water partition coefficient (Wildman–Crippen LogP) is 5.05. The fraction of sp³-hybridized carbons (Fsp3) is 0.0476.